The largest absolute Gasteiger partial charge is 0.219 e. The lowest BCUT2D eigenvalue weighted by atomic mass is 10.2. The van der Waals surface area contributed by atoms with E-state index in [1.54, 1.807) is 6.26 Å². The molecule has 1 heterocycles. The van der Waals surface area contributed by atoms with Crippen molar-refractivity contribution in [2.75, 3.05) is 6.26 Å². The fourth-order valence-corrected chi connectivity index (χ4v) is 2.47. The Morgan fingerprint density at radius 3 is 2.00 bits per heavy atom. The van der Waals surface area contributed by atoms with Gasteiger partial charge in [0.2, 0.25) is 0 Å². The minimum absolute atomic E-state index is 0.162. The van der Waals surface area contributed by atoms with E-state index < -0.39 is 11.6 Å². The smallest absolute Gasteiger partial charge is 0.189 e. The van der Waals surface area contributed by atoms with Crippen LogP contribution in [0.25, 0.3) is 10.9 Å². The average Bonchev–Trinajstić information content (AvgIpc) is 2.53. The maximum Gasteiger partial charge on any atom is 0.189 e. The fourth-order valence-electron chi connectivity index (χ4n) is 1.27. The molecule has 0 unspecified atom stereocenters. The highest BCUT2D eigenvalue weighted by Gasteiger charge is 2.21. The summed E-state index contributed by atoms with van der Waals surface area (Å²) >= 11 is 15.5. The summed E-state index contributed by atoms with van der Waals surface area (Å²) < 4.78 is 27.5. The summed E-state index contributed by atoms with van der Waals surface area (Å²) in [7, 11) is 0. The summed E-state index contributed by atoms with van der Waals surface area (Å²) in [6.45, 7) is 8.00. The fraction of sp³-hybridized carbons (Fsp3) is 0.385. The third-order valence-electron chi connectivity index (χ3n) is 2.03. The molecule has 21 heavy (non-hydrogen) atoms. The summed E-state index contributed by atoms with van der Waals surface area (Å²) in [5.74, 6) is -1.60. The van der Waals surface area contributed by atoms with Gasteiger partial charge in [0.15, 0.2) is 16.8 Å². The van der Waals surface area contributed by atoms with Gasteiger partial charge in [0, 0.05) is 0 Å². The third kappa shape index (κ3) is 4.41. The van der Waals surface area contributed by atoms with Gasteiger partial charge in [-0.3, -0.25) is 0 Å². The first-order valence-electron chi connectivity index (χ1n) is 6.20. The standard InChI is InChI=1S/C9H3BrCl2F2N2S.2C2H6/c1-17-9-15-7-2(8(12)16-9)5(13)4(11)3(10)6(7)14;2*1-2/h1H3;2*1-2H3. The van der Waals surface area contributed by atoms with E-state index in [0.717, 1.165) is 0 Å². The summed E-state index contributed by atoms with van der Waals surface area (Å²) in [6.07, 6.45) is 1.71. The van der Waals surface area contributed by atoms with Gasteiger partial charge in [-0.25, -0.2) is 18.7 Å². The molecular weight excluding hydrogens is 405 g/mol. The average molecular weight is 420 g/mol. The van der Waals surface area contributed by atoms with Crippen LogP contribution in [0.1, 0.15) is 27.7 Å². The Morgan fingerprint density at radius 1 is 1.00 bits per heavy atom. The lowest BCUT2D eigenvalue weighted by Gasteiger charge is -2.08. The Labute approximate surface area is 145 Å². The number of fused-ring (bicyclic) bond motifs is 1. The zero-order chi connectivity index (χ0) is 16.7. The van der Waals surface area contributed by atoms with Gasteiger partial charge in [-0.1, -0.05) is 62.7 Å². The summed E-state index contributed by atoms with van der Waals surface area (Å²) in [6, 6.07) is 0. The van der Waals surface area contributed by atoms with Gasteiger partial charge in [0.25, 0.3) is 0 Å². The quantitative estimate of drug-likeness (QED) is 0.168. The van der Waals surface area contributed by atoms with Crippen molar-refractivity contribution in [3.05, 3.63) is 26.3 Å². The van der Waals surface area contributed by atoms with Gasteiger partial charge < -0.3 is 0 Å². The zero-order valence-corrected chi connectivity index (χ0v) is 16.1. The van der Waals surface area contributed by atoms with E-state index in [4.69, 9.17) is 23.2 Å². The molecule has 0 atom stereocenters. The van der Waals surface area contributed by atoms with Crippen LogP contribution in [0.3, 0.4) is 0 Å². The van der Waals surface area contributed by atoms with E-state index in [1.807, 2.05) is 27.7 Å². The second-order valence-electron chi connectivity index (χ2n) is 2.98. The molecule has 0 N–H and O–H groups in total. The molecule has 0 saturated heterocycles. The van der Waals surface area contributed by atoms with Gasteiger partial charge in [-0.15, -0.1) is 0 Å². The van der Waals surface area contributed by atoms with Gasteiger partial charge >= 0.3 is 0 Å². The molecule has 8 heteroatoms. The van der Waals surface area contributed by atoms with Crippen LogP contribution in [0.15, 0.2) is 9.63 Å². The summed E-state index contributed by atoms with van der Waals surface area (Å²) in [5, 5.41) is -0.493. The van der Waals surface area contributed by atoms with Crippen LogP contribution in [0.2, 0.25) is 10.2 Å². The highest BCUT2D eigenvalue weighted by molar-refractivity contribution is 9.10. The van der Waals surface area contributed by atoms with E-state index in [9.17, 15) is 8.78 Å². The molecule has 1 aromatic heterocycles. The predicted octanol–water partition coefficient (Wildman–Crippen LogP) is 6.75. The lowest BCUT2D eigenvalue weighted by Crippen LogP contribution is -1.97. The Hall–Kier alpha value is -0.170. The molecule has 0 spiro atoms. The molecule has 0 radical (unpaired) electrons. The second-order valence-corrected chi connectivity index (χ2v) is 5.28. The van der Waals surface area contributed by atoms with Crippen molar-refractivity contribution in [1.29, 1.82) is 0 Å². The predicted molar refractivity (Wildman–Crippen MR) is 91.7 cm³/mol. The first-order valence-corrected chi connectivity index (χ1v) is 8.98. The highest BCUT2D eigenvalue weighted by atomic mass is 79.9. The van der Waals surface area contributed by atoms with Crippen molar-refractivity contribution >= 4 is 61.8 Å². The highest BCUT2D eigenvalue weighted by Crippen LogP contribution is 2.37. The molecule has 1 aromatic carbocycles. The number of nitrogens with zero attached hydrogens (tertiary/aromatic N) is 2. The number of hydrogen-bond donors (Lipinski definition) is 0. The molecule has 0 aliphatic carbocycles. The van der Waals surface area contributed by atoms with E-state index in [2.05, 4.69) is 25.9 Å². The van der Waals surface area contributed by atoms with Crippen LogP contribution in [0.4, 0.5) is 8.78 Å². The molecule has 2 aromatic rings. The van der Waals surface area contributed by atoms with Crippen LogP contribution in [0.5, 0.6) is 0 Å². The van der Waals surface area contributed by atoms with Crippen molar-refractivity contribution in [3.63, 3.8) is 0 Å². The zero-order valence-electron chi connectivity index (χ0n) is 12.2. The molecule has 0 aliphatic rings. The topological polar surface area (TPSA) is 25.8 Å². The van der Waals surface area contributed by atoms with Crippen molar-refractivity contribution < 1.29 is 8.78 Å². The molecular formula is C13H15BrCl2F2N2S. The van der Waals surface area contributed by atoms with E-state index in [1.165, 1.54) is 11.8 Å². The van der Waals surface area contributed by atoms with Crippen molar-refractivity contribution in [2.45, 2.75) is 32.9 Å². The maximum absolute atomic E-state index is 13.9. The first-order chi connectivity index (χ1) is 9.97. The minimum Gasteiger partial charge on any atom is -0.219 e. The Bertz CT molecular complexity index is 627. The van der Waals surface area contributed by atoms with E-state index in [0.29, 0.717) is 0 Å². The number of rotatable bonds is 1. The van der Waals surface area contributed by atoms with Gasteiger partial charge in [0.1, 0.15) is 10.7 Å². The van der Waals surface area contributed by atoms with Crippen LogP contribution in [-0.4, -0.2) is 16.2 Å². The molecule has 0 amide bonds. The van der Waals surface area contributed by atoms with Crippen LogP contribution < -0.4 is 0 Å². The second kappa shape index (κ2) is 9.77. The number of halogens is 5. The summed E-state index contributed by atoms with van der Waals surface area (Å²) in [4.78, 5) is 7.71. The third-order valence-corrected chi connectivity index (χ3v) is 4.18. The van der Waals surface area contributed by atoms with Crippen molar-refractivity contribution in [3.8, 4) is 0 Å². The normalized spacial score (nSPS) is 9.62. The lowest BCUT2D eigenvalue weighted by molar-refractivity contribution is 0.607. The van der Waals surface area contributed by atoms with Crippen LogP contribution in [-0.2, 0) is 0 Å². The minimum atomic E-state index is -0.840. The molecule has 0 bridgehead atoms. The number of hydrogen-bond acceptors (Lipinski definition) is 3. The van der Waals surface area contributed by atoms with Crippen LogP contribution >= 0.6 is 50.9 Å². The Kier molecular flexibility index (Phi) is 9.69. The Morgan fingerprint density at radius 2 is 1.52 bits per heavy atom. The van der Waals surface area contributed by atoms with Crippen LogP contribution in [0, 0.1) is 11.6 Å². The van der Waals surface area contributed by atoms with Gasteiger partial charge in [0.05, 0.1) is 14.9 Å². The van der Waals surface area contributed by atoms with Gasteiger partial charge in [-0.05, 0) is 22.2 Å². The number of benzene rings is 1. The molecule has 2 nitrogen and oxygen atoms in total. The molecule has 0 fully saturated rings. The number of thioether (sulfide) groups is 1. The van der Waals surface area contributed by atoms with Crippen molar-refractivity contribution in [1.82, 2.24) is 9.97 Å². The maximum atomic E-state index is 13.9. The molecule has 0 aliphatic heterocycles. The summed E-state index contributed by atoms with van der Waals surface area (Å²) in [5.41, 5.74) is -0.192. The van der Waals surface area contributed by atoms with E-state index in [-0.39, 0.29) is 30.7 Å². The van der Waals surface area contributed by atoms with Crippen molar-refractivity contribution in [2.24, 2.45) is 0 Å². The molecule has 0 saturated carbocycles. The Balaban J connectivity index is 0.000000921. The monoisotopic (exact) mass is 418 g/mol. The molecule has 118 valence electrons. The molecule has 2 rings (SSSR count). The SMILES string of the molecule is CC.CC.CSc1nc(Cl)c2c(F)c(Cl)c(Br)c(F)c2n1. The first kappa shape index (κ1) is 20.8. The van der Waals surface area contributed by atoms with E-state index >= 15 is 0 Å². The van der Waals surface area contributed by atoms with Gasteiger partial charge in [-0.2, -0.15) is 0 Å². The number of aromatic nitrogens is 2.